The minimum atomic E-state index is -0.225. The van der Waals surface area contributed by atoms with Gasteiger partial charge in [0.05, 0.1) is 6.10 Å². The molecule has 0 aromatic heterocycles. The molecule has 0 heterocycles. The van der Waals surface area contributed by atoms with Crippen LogP contribution in [0.5, 0.6) is 0 Å². The molecule has 2 nitrogen and oxygen atoms in total. The van der Waals surface area contributed by atoms with Gasteiger partial charge in [0.1, 0.15) is 0 Å². The van der Waals surface area contributed by atoms with E-state index in [1.807, 2.05) is 6.92 Å². The van der Waals surface area contributed by atoms with Crippen LogP contribution >= 0.6 is 0 Å². The second kappa shape index (κ2) is 4.43. The highest BCUT2D eigenvalue weighted by molar-refractivity contribution is 4.93. The standard InChI is InChI=1S/C11H22O2/c1-3-10(13)11(9(2)8-12)6-4-5-7-11/h9-10,12-13H,3-8H2,1-2H3. The summed E-state index contributed by atoms with van der Waals surface area (Å²) >= 11 is 0. The molecule has 0 bridgehead atoms. The molecule has 0 amide bonds. The smallest absolute Gasteiger partial charge is 0.0597 e. The van der Waals surface area contributed by atoms with Crippen LogP contribution in [0.1, 0.15) is 46.0 Å². The minimum Gasteiger partial charge on any atom is -0.396 e. The minimum absolute atomic E-state index is 0.0174. The van der Waals surface area contributed by atoms with E-state index >= 15 is 0 Å². The van der Waals surface area contributed by atoms with Crippen LogP contribution in [0.25, 0.3) is 0 Å². The van der Waals surface area contributed by atoms with Gasteiger partial charge in [-0.2, -0.15) is 0 Å². The molecule has 2 N–H and O–H groups in total. The lowest BCUT2D eigenvalue weighted by molar-refractivity contribution is -0.0307. The van der Waals surface area contributed by atoms with Gasteiger partial charge < -0.3 is 10.2 Å². The monoisotopic (exact) mass is 186 g/mol. The van der Waals surface area contributed by atoms with E-state index in [1.54, 1.807) is 0 Å². The van der Waals surface area contributed by atoms with Crippen molar-refractivity contribution in [3.8, 4) is 0 Å². The van der Waals surface area contributed by atoms with Gasteiger partial charge in [0.25, 0.3) is 0 Å². The van der Waals surface area contributed by atoms with E-state index in [2.05, 4.69) is 6.92 Å². The van der Waals surface area contributed by atoms with E-state index in [0.717, 1.165) is 19.3 Å². The molecule has 0 aromatic carbocycles. The van der Waals surface area contributed by atoms with Gasteiger partial charge in [-0.05, 0) is 25.2 Å². The highest BCUT2D eigenvalue weighted by atomic mass is 16.3. The van der Waals surface area contributed by atoms with Crippen LogP contribution in [0.4, 0.5) is 0 Å². The zero-order valence-corrected chi connectivity index (χ0v) is 8.79. The first-order chi connectivity index (χ1) is 6.17. The first-order valence-electron chi connectivity index (χ1n) is 5.46. The second-order valence-corrected chi connectivity index (χ2v) is 4.45. The summed E-state index contributed by atoms with van der Waals surface area (Å²) < 4.78 is 0. The predicted molar refractivity (Wildman–Crippen MR) is 53.4 cm³/mol. The quantitative estimate of drug-likeness (QED) is 0.704. The molecule has 1 aliphatic rings. The van der Waals surface area contributed by atoms with Gasteiger partial charge in [-0.1, -0.05) is 26.7 Å². The normalized spacial score (nSPS) is 25.8. The fourth-order valence-electron chi connectivity index (χ4n) is 2.78. The van der Waals surface area contributed by atoms with E-state index in [1.165, 1.54) is 12.8 Å². The van der Waals surface area contributed by atoms with Gasteiger partial charge >= 0.3 is 0 Å². The fraction of sp³-hybridized carbons (Fsp3) is 1.00. The molecule has 78 valence electrons. The van der Waals surface area contributed by atoms with Gasteiger partial charge in [-0.25, -0.2) is 0 Å². The number of aliphatic hydroxyl groups is 2. The van der Waals surface area contributed by atoms with E-state index < -0.39 is 0 Å². The topological polar surface area (TPSA) is 40.5 Å². The zero-order chi connectivity index (χ0) is 9.90. The van der Waals surface area contributed by atoms with E-state index in [0.29, 0.717) is 0 Å². The molecule has 1 saturated carbocycles. The summed E-state index contributed by atoms with van der Waals surface area (Å²) in [4.78, 5) is 0. The van der Waals surface area contributed by atoms with Crippen LogP contribution in [-0.4, -0.2) is 22.9 Å². The maximum Gasteiger partial charge on any atom is 0.0597 e. The maximum absolute atomic E-state index is 10.00. The van der Waals surface area contributed by atoms with Crippen LogP contribution in [0.3, 0.4) is 0 Å². The summed E-state index contributed by atoms with van der Waals surface area (Å²) in [5.41, 5.74) is 0.0174. The Kier molecular flexibility index (Phi) is 3.74. The Morgan fingerprint density at radius 1 is 1.31 bits per heavy atom. The lowest BCUT2D eigenvalue weighted by Crippen LogP contribution is -2.39. The van der Waals surface area contributed by atoms with Crippen molar-refractivity contribution in [2.45, 2.75) is 52.1 Å². The zero-order valence-electron chi connectivity index (χ0n) is 8.79. The van der Waals surface area contributed by atoms with E-state index in [9.17, 15) is 10.2 Å². The molecular weight excluding hydrogens is 164 g/mol. The SMILES string of the molecule is CCC(O)C1(C(C)CO)CCCC1. The van der Waals surface area contributed by atoms with Gasteiger partial charge in [0.15, 0.2) is 0 Å². The summed E-state index contributed by atoms with van der Waals surface area (Å²) in [6.07, 6.45) is 5.18. The first kappa shape index (κ1) is 11.0. The Bertz CT molecular complexity index is 138. The Labute approximate surface area is 81.0 Å². The molecular formula is C11H22O2. The van der Waals surface area contributed by atoms with Crippen LogP contribution in [0.2, 0.25) is 0 Å². The lowest BCUT2D eigenvalue weighted by atomic mass is 9.70. The van der Waals surface area contributed by atoms with Crippen molar-refractivity contribution < 1.29 is 10.2 Å². The van der Waals surface area contributed by atoms with Crippen LogP contribution in [0, 0.1) is 11.3 Å². The number of hydrogen-bond donors (Lipinski definition) is 2. The molecule has 1 aliphatic carbocycles. The summed E-state index contributed by atoms with van der Waals surface area (Å²) in [6.45, 7) is 4.29. The molecule has 0 saturated heterocycles. The summed E-state index contributed by atoms with van der Waals surface area (Å²) in [5.74, 6) is 0.241. The maximum atomic E-state index is 10.00. The average Bonchev–Trinajstić information content (AvgIpc) is 2.65. The molecule has 0 aromatic rings. The van der Waals surface area contributed by atoms with Gasteiger partial charge in [-0.15, -0.1) is 0 Å². The Hall–Kier alpha value is -0.0800. The molecule has 2 atom stereocenters. The number of rotatable bonds is 4. The summed E-state index contributed by atoms with van der Waals surface area (Å²) in [7, 11) is 0. The third-order valence-corrected chi connectivity index (χ3v) is 3.84. The van der Waals surface area contributed by atoms with Crippen molar-refractivity contribution in [3.63, 3.8) is 0 Å². The van der Waals surface area contributed by atoms with Crippen molar-refractivity contribution >= 4 is 0 Å². The Balaban J connectivity index is 2.73. The first-order valence-corrected chi connectivity index (χ1v) is 5.46. The van der Waals surface area contributed by atoms with Crippen molar-refractivity contribution in [2.75, 3.05) is 6.61 Å². The Morgan fingerprint density at radius 3 is 2.23 bits per heavy atom. The fourth-order valence-corrected chi connectivity index (χ4v) is 2.78. The van der Waals surface area contributed by atoms with Gasteiger partial charge in [0, 0.05) is 12.0 Å². The van der Waals surface area contributed by atoms with Gasteiger partial charge in [0.2, 0.25) is 0 Å². The molecule has 1 rings (SSSR count). The van der Waals surface area contributed by atoms with Gasteiger partial charge in [-0.3, -0.25) is 0 Å². The highest BCUT2D eigenvalue weighted by Gasteiger charge is 2.43. The molecule has 0 aliphatic heterocycles. The average molecular weight is 186 g/mol. The second-order valence-electron chi connectivity index (χ2n) is 4.45. The molecule has 2 unspecified atom stereocenters. The third-order valence-electron chi connectivity index (χ3n) is 3.84. The largest absolute Gasteiger partial charge is 0.396 e. The van der Waals surface area contributed by atoms with Crippen molar-refractivity contribution in [1.29, 1.82) is 0 Å². The molecule has 13 heavy (non-hydrogen) atoms. The number of hydrogen-bond acceptors (Lipinski definition) is 2. The van der Waals surface area contributed by atoms with E-state index in [-0.39, 0.29) is 24.0 Å². The van der Waals surface area contributed by atoms with Crippen LogP contribution in [-0.2, 0) is 0 Å². The number of aliphatic hydroxyl groups excluding tert-OH is 2. The molecule has 1 fully saturated rings. The van der Waals surface area contributed by atoms with E-state index in [4.69, 9.17) is 0 Å². The third kappa shape index (κ3) is 1.89. The molecule has 0 spiro atoms. The molecule has 2 heteroatoms. The summed E-state index contributed by atoms with van der Waals surface area (Å²) in [5, 5.41) is 19.2. The predicted octanol–water partition coefficient (Wildman–Crippen LogP) is 1.95. The van der Waals surface area contributed by atoms with Crippen molar-refractivity contribution in [1.82, 2.24) is 0 Å². The summed E-state index contributed by atoms with van der Waals surface area (Å²) in [6, 6.07) is 0. The molecule has 0 radical (unpaired) electrons. The highest BCUT2D eigenvalue weighted by Crippen LogP contribution is 2.47. The van der Waals surface area contributed by atoms with Crippen LogP contribution in [0.15, 0.2) is 0 Å². The lowest BCUT2D eigenvalue weighted by Gasteiger charge is -2.38. The Morgan fingerprint density at radius 2 is 1.85 bits per heavy atom. The van der Waals surface area contributed by atoms with Crippen LogP contribution < -0.4 is 0 Å². The van der Waals surface area contributed by atoms with Crippen molar-refractivity contribution in [3.05, 3.63) is 0 Å². The van der Waals surface area contributed by atoms with Crippen molar-refractivity contribution in [2.24, 2.45) is 11.3 Å².